The summed E-state index contributed by atoms with van der Waals surface area (Å²) < 4.78 is 15.2. The molecule has 0 amide bonds. The van der Waals surface area contributed by atoms with Crippen molar-refractivity contribution in [2.45, 2.75) is 13.5 Å². The maximum absolute atomic E-state index is 13.5. The number of halogens is 1. The zero-order valence-corrected chi connectivity index (χ0v) is 8.44. The lowest BCUT2D eigenvalue weighted by molar-refractivity contribution is 0.627. The average Bonchev–Trinajstić information content (AvgIpc) is 2.60. The lowest BCUT2D eigenvalue weighted by atomic mass is 10.1. The molecule has 0 fully saturated rings. The number of rotatable bonds is 2. The summed E-state index contributed by atoms with van der Waals surface area (Å²) in [5, 5.41) is 4.21. The van der Waals surface area contributed by atoms with Gasteiger partial charge in [0.25, 0.3) is 0 Å². The predicted octanol–water partition coefficient (Wildman–Crippen LogP) is 2.29. The van der Waals surface area contributed by atoms with Crippen LogP contribution < -0.4 is 5.73 Å². The van der Waals surface area contributed by atoms with E-state index in [9.17, 15) is 4.39 Å². The van der Waals surface area contributed by atoms with Crippen LogP contribution in [-0.2, 0) is 6.54 Å². The molecule has 2 N–H and O–H groups in total. The van der Waals surface area contributed by atoms with Gasteiger partial charge in [-0.3, -0.25) is 4.68 Å². The normalized spacial score (nSPS) is 10.5. The van der Waals surface area contributed by atoms with Crippen molar-refractivity contribution in [3.8, 4) is 11.3 Å². The molecule has 0 spiro atoms. The van der Waals surface area contributed by atoms with Crippen molar-refractivity contribution in [3.63, 3.8) is 0 Å². The van der Waals surface area contributed by atoms with Crippen LogP contribution in [0.2, 0.25) is 0 Å². The second-order valence-electron chi connectivity index (χ2n) is 3.27. The average molecular weight is 205 g/mol. The maximum Gasteiger partial charge on any atom is 0.132 e. The quantitative estimate of drug-likeness (QED) is 0.817. The minimum Gasteiger partial charge on any atom is -0.396 e. The molecule has 2 aromatic rings. The van der Waals surface area contributed by atoms with Gasteiger partial charge >= 0.3 is 0 Å². The van der Waals surface area contributed by atoms with E-state index >= 15 is 0 Å². The van der Waals surface area contributed by atoms with Crippen LogP contribution in [0.5, 0.6) is 0 Å². The minimum atomic E-state index is -0.300. The molecule has 0 bridgehead atoms. The third-order valence-electron chi connectivity index (χ3n) is 2.24. The second kappa shape index (κ2) is 3.73. The first kappa shape index (κ1) is 9.71. The van der Waals surface area contributed by atoms with Gasteiger partial charge in [0.05, 0.1) is 5.69 Å². The topological polar surface area (TPSA) is 43.8 Å². The lowest BCUT2D eigenvalue weighted by Crippen LogP contribution is -1.94. The van der Waals surface area contributed by atoms with Gasteiger partial charge in [-0.1, -0.05) is 12.1 Å². The van der Waals surface area contributed by atoms with E-state index in [0.717, 1.165) is 6.54 Å². The highest BCUT2D eigenvalue weighted by molar-refractivity contribution is 5.72. The zero-order valence-electron chi connectivity index (χ0n) is 8.44. The molecule has 1 aromatic heterocycles. The van der Waals surface area contributed by atoms with Gasteiger partial charge < -0.3 is 5.73 Å². The number of nitrogen functional groups attached to an aromatic ring is 1. The largest absolute Gasteiger partial charge is 0.396 e. The van der Waals surface area contributed by atoms with Gasteiger partial charge in [-0.05, 0) is 19.1 Å². The molecule has 0 aliphatic heterocycles. The van der Waals surface area contributed by atoms with Crippen molar-refractivity contribution in [2.75, 3.05) is 5.73 Å². The lowest BCUT2D eigenvalue weighted by Gasteiger charge is -1.99. The summed E-state index contributed by atoms with van der Waals surface area (Å²) in [6, 6.07) is 6.49. The Bertz CT molecular complexity index is 476. The van der Waals surface area contributed by atoms with E-state index in [4.69, 9.17) is 5.73 Å². The van der Waals surface area contributed by atoms with E-state index in [0.29, 0.717) is 16.9 Å². The van der Waals surface area contributed by atoms with Crippen molar-refractivity contribution in [3.05, 3.63) is 36.3 Å². The highest BCUT2D eigenvalue weighted by atomic mass is 19.1. The van der Waals surface area contributed by atoms with Crippen LogP contribution in [0.25, 0.3) is 11.3 Å². The molecule has 0 saturated heterocycles. The molecule has 3 nitrogen and oxygen atoms in total. The SMILES string of the molecule is CCn1cc(N)c(-c2ccccc2F)n1. The van der Waals surface area contributed by atoms with E-state index in [2.05, 4.69) is 5.10 Å². The standard InChI is InChI=1S/C11H12FN3/c1-2-15-7-10(13)11(14-15)8-5-3-4-6-9(8)12/h3-7H,2,13H2,1H3. The minimum absolute atomic E-state index is 0.300. The van der Waals surface area contributed by atoms with Gasteiger partial charge in [0.1, 0.15) is 11.5 Å². The van der Waals surface area contributed by atoms with Gasteiger partial charge in [0, 0.05) is 18.3 Å². The molecule has 0 aliphatic carbocycles. The van der Waals surface area contributed by atoms with E-state index in [1.165, 1.54) is 6.07 Å². The van der Waals surface area contributed by atoms with Crippen LogP contribution in [0.15, 0.2) is 30.5 Å². The number of nitrogens with zero attached hydrogens (tertiary/aromatic N) is 2. The van der Waals surface area contributed by atoms with Crippen molar-refractivity contribution >= 4 is 5.69 Å². The Hall–Kier alpha value is -1.84. The summed E-state index contributed by atoms with van der Waals surface area (Å²) in [6.07, 6.45) is 1.71. The highest BCUT2D eigenvalue weighted by Crippen LogP contribution is 2.26. The maximum atomic E-state index is 13.5. The third-order valence-corrected chi connectivity index (χ3v) is 2.24. The highest BCUT2D eigenvalue weighted by Gasteiger charge is 2.11. The van der Waals surface area contributed by atoms with Crippen LogP contribution in [0.3, 0.4) is 0 Å². The van der Waals surface area contributed by atoms with Gasteiger partial charge in [0.15, 0.2) is 0 Å². The Morgan fingerprint density at radius 2 is 2.13 bits per heavy atom. The fourth-order valence-electron chi connectivity index (χ4n) is 1.46. The van der Waals surface area contributed by atoms with Gasteiger partial charge in [-0.2, -0.15) is 5.10 Å². The summed E-state index contributed by atoms with van der Waals surface area (Å²) in [6.45, 7) is 2.68. The molecule has 15 heavy (non-hydrogen) atoms. The molecule has 0 saturated carbocycles. The predicted molar refractivity (Wildman–Crippen MR) is 57.7 cm³/mol. The fraction of sp³-hybridized carbons (Fsp3) is 0.182. The second-order valence-corrected chi connectivity index (χ2v) is 3.27. The van der Waals surface area contributed by atoms with Crippen LogP contribution in [0.1, 0.15) is 6.92 Å². The van der Waals surface area contributed by atoms with Crippen molar-refractivity contribution in [1.82, 2.24) is 9.78 Å². The number of aryl methyl sites for hydroxylation is 1. The Morgan fingerprint density at radius 1 is 1.40 bits per heavy atom. The molecule has 0 radical (unpaired) electrons. The molecule has 0 unspecified atom stereocenters. The van der Waals surface area contributed by atoms with E-state index in [-0.39, 0.29) is 5.82 Å². The molecule has 1 heterocycles. The number of hydrogen-bond donors (Lipinski definition) is 1. The first-order valence-corrected chi connectivity index (χ1v) is 4.80. The van der Waals surface area contributed by atoms with Crippen LogP contribution in [-0.4, -0.2) is 9.78 Å². The van der Waals surface area contributed by atoms with Gasteiger partial charge in [-0.15, -0.1) is 0 Å². The summed E-state index contributed by atoms with van der Waals surface area (Å²) in [5.41, 5.74) is 7.23. The van der Waals surface area contributed by atoms with Crippen molar-refractivity contribution < 1.29 is 4.39 Å². The Kier molecular flexibility index (Phi) is 2.41. The summed E-state index contributed by atoms with van der Waals surface area (Å²) >= 11 is 0. The Labute approximate surface area is 87.3 Å². The number of hydrogen-bond acceptors (Lipinski definition) is 2. The molecule has 0 atom stereocenters. The Morgan fingerprint density at radius 3 is 2.73 bits per heavy atom. The fourth-order valence-corrected chi connectivity index (χ4v) is 1.46. The molecular formula is C11H12FN3. The van der Waals surface area contributed by atoms with E-state index in [1.54, 1.807) is 29.1 Å². The van der Waals surface area contributed by atoms with E-state index < -0.39 is 0 Å². The Balaban J connectivity index is 2.54. The number of aromatic nitrogens is 2. The van der Waals surface area contributed by atoms with Gasteiger partial charge in [-0.25, -0.2) is 4.39 Å². The first-order valence-electron chi connectivity index (χ1n) is 4.80. The molecule has 4 heteroatoms. The molecule has 78 valence electrons. The van der Waals surface area contributed by atoms with Crippen LogP contribution in [0, 0.1) is 5.82 Å². The van der Waals surface area contributed by atoms with E-state index in [1.807, 2.05) is 6.92 Å². The molecule has 2 rings (SSSR count). The molecule has 1 aromatic carbocycles. The van der Waals surface area contributed by atoms with Crippen molar-refractivity contribution in [1.29, 1.82) is 0 Å². The summed E-state index contributed by atoms with van der Waals surface area (Å²) in [4.78, 5) is 0. The van der Waals surface area contributed by atoms with Gasteiger partial charge in [0.2, 0.25) is 0 Å². The third kappa shape index (κ3) is 1.70. The van der Waals surface area contributed by atoms with Crippen molar-refractivity contribution in [2.24, 2.45) is 0 Å². The summed E-state index contributed by atoms with van der Waals surface area (Å²) in [7, 11) is 0. The van der Waals surface area contributed by atoms with Crippen LogP contribution in [0.4, 0.5) is 10.1 Å². The summed E-state index contributed by atoms with van der Waals surface area (Å²) in [5.74, 6) is -0.300. The molecule has 0 aliphatic rings. The monoisotopic (exact) mass is 205 g/mol. The zero-order chi connectivity index (χ0) is 10.8. The smallest absolute Gasteiger partial charge is 0.132 e. The first-order chi connectivity index (χ1) is 7.22. The number of benzene rings is 1. The number of nitrogens with two attached hydrogens (primary N) is 1. The van der Waals surface area contributed by atoms with Crippen LogP contribution >= 0.6 is 0 Å². The number of anilines is 1. The molecular weight excluding hydrogens is 193 g/mol.